The van der Waals surface area contributed by atoms with Crippen molar-refractivity contribution in [3.63, 3.8) is 0 Å². The fourth-order valence-electron chi connectivity index (χ4n) is 5.21. The zero-order chi connectivity index (χ0) is 24.4. The molecule has 7 nitrogen and oxygen atoms in total. The van der Waals surface area contributed by atoms with Gasteiger partial charge in [-0.2, -0.15) is 11.8 Å². The van der Waals surface area contributed by atoms with E-state index < -0.39 is 18.1 Å². The summed E-state index contributed by atoms with van der Waals surface area (Å²) in [5.74, 6) is 0.609. The van der Waals surface area contributed by atoms with Gasteiger partial charge in [-0.15, -0.1) is 0 Å². The van der Waals surface area contributed by atoms with Gasteiger partial charge in [-0.1, -0.05) is 61.4 Å². The lowest BCUT2D eigenvalue weighted by molar-refractivity contribution is -0.141. The number of carboxylic acid groups (broad SMARTS) is 1. The minimum Gasteiger partial charge on any atom is -0.481 e. The molecule has 0 radical (unpaired) electrons. The number of fused-ring (bicyclic) bond motifs is 3. The number of nitrogens with one attached hydrogen (secondary N) is 1. The normalized spacial score (nSPS) is 20.0. The van der Waals surface area contributed by atoms with Gasteiger partial charge in [0.05, 0.1) is 12.5 Å². The zero-order valence-electron chi connectivity index (χ0n) is 19.5. The Balaban J connectivity index is 1.26. The Morgan fingerprint density at radius 1 is 1.06 bits per heavy atom. The third-order valence-corrected chi connectivity index (χ3v) is 8.21. The summed E-state index contributed by atoms with van der Waals surface area (Å²) < 4.78 is 5.68. The largest absolute Gasteiger partial charge is 0.481 e. The first kappa shape index (κ1) is 23.7. The second-order valence-corrected chi connectivity index (χ2v) is 10.7. The second-order valence-electron chi connectivity index (χ2n) is 9.56. The molecule has 2 N–H and O–H groups in total. The zero-order valence-corrected chi connectivity index (χ0v) is 20.3. The van der Waals surface area contributed by atoms with Crippen LogP contribution in [0.15, 0.2) is 48.5 Å². The fourth-order valence-corrected chi connectivity index (χ4v) is 6.27. The molecule has 2 atom stereocenters. The van der Waals surface area contributed by atoms with Crippen LogP contribution in [0.25, 0.3) is 11.1 Å². The molecule has 2 aromatic rings. The fraction of sp³-hybridized carbons (Fsp3) is 0.444. The maximum absolute atomic E-state index is 13.4. The van der Waals surface area contributed by atoms with E-state index in [2.05, 4.69) is 29.6 Å². The molecule has 0 bridgehead atoms. The van der Waals surface area contributed by atoms with Gasteiger partial charge in [0.15, 0.2) is 0 Å². The molecular weight excluding hydrogens is 464 g/mol. The average Bonchev–Trinajstić information content (AvgIpc) is 3.62. The molecule has 1 aliphatic heterocycles. The van der Waals surface area contributed by atoms with Crippen molar-refractivity contribution in [1.29, 1.82) is 0 Å². The van der Waals surface area contributed by atoms with Gasteiger partial charge in [-0.25, -0.2) is 4.79 Å². The second kappa shape index (κ2) is 10.3. The van der Waals surface area contributed by atoms with E-state index in [-0.39, 0.29) is 30.9 Å². The van der Waals surface area contributed by atoms with Gasteiger partial charge in [0.1, 0.15) is 12.6 Å². The van der Waals surface area contributed by atoms with E-state index in [1.807, 2.05) is 24.3 Å². The van der Waals surface area contributed by atoms with Gasteiger partial charge in [-0.3, -0.25) is 9.59 Å². The number of benzene rings is 2. The Morgan fingerprint density at radius 2 is 1.71 bits per heavy atom. The van der Waals surface area contributed by atoms with Crippen molar-refractivity contribution in [3.05, 3.63) is 59.7 Å². The van der Waals surface area contributed by atoms with Gasteiger partial charge >= 0.3 is 12.1 Å². The van der Waals surface area contributed by atoms with Crippen LogP contribution in [-0.4, -0.2) is 64.7 Å². The Hall–Kier alpha value is -3.00. The van der Waals surface area contributed by atoms with Crippen molar-refractivity contribution in [2.24, 2.45) is 5.92 Å². The number of carboxylic acids is 1. The molecule has 35 heavy (non-hydrogen) atoms. The van der Waals surface area contributed by atoms with Crippen molar-refractivity contribution in [3.8, 4) is 11.1 Å². The first-order valence-corrected chi connectivity index (χ1v) is 13.4. The van der Waals surface area contributed by atoms with Crippen LogP contribution in [0.2, 0.25) is 0 Å². The van der Waals surface area contributed by atoms with Gasteiger partial charge < -0.3 is 20.1 Å². The standard InChI is InChI=1S/C27H30N2O5S/c30-25(31)14-18-16-35-12-11-29(18)26(32)24(13-17-9-10-17)28-27(33)34-15-23-21-7-3-1-5-19(21)20-6-2-4-8-22(20)23/h1-8,17-18,23-24H,9-16H2,(H,28,33)(H,30,31)/t18?,24-/m0/s1. The predicted molar refractivity (Wildman–Crippen MR) is 134 cm³/mol. The van der Waals surface area contributed by atoms with Crippen LogP contribution in [-0.2, 0) is 14.3 Å². The summed E-state index contributed by atoms with van der Waals surface area (Å²) in [4.78, 5) is 39.3. The number of aliphatic carboxylic acids is 1. The van der Waals surface area contributed by atoms with E-state index in [0.717, 1.165) is 40.8 Å². The number of nitrogens with zero attached hydrogens (tertiary/aromatic N) is 1. The van der Waals surface area contributed by atoms with Crippen molar-refractivity contribution in [2.45, 2.75) is 43.7 Å². The summed E-state index contributed by atoms with van der Waals surface area (Å²) in [5.41, 5.74) is 4.58. The highest BCUT2D eigenvalue weighted by Crippen LogP contribution is 2.44. The lowest BCUT2D eigenvalue weighted by atomic mass is 9.98. The number of amides is 2. The Morgan fingerprint density at radius 3 is 2.34 bits per heavy atom. The van der Waals surface area contributed by atoms with Gasteiger partial charge in [0.2, 0.25) is 5.91 Å². The summed E-state index contributed by atoms with van der Waals surface area (Å²) in [6, 6.07) is 15.3. The maximum Gasteiger partial charge on any atom is 0.407 e. The van der Waals surface area contributed by atoms with Gasteiger partial charge in [0, 0.05) is 24.0 Å². The summed E-state index contributed by atoms with van der Waals surface area (Å²) >= 11 is 1.66. The number of carbonyl (C=O) groups is 3. The van der Waals surface area contributed by atoms with Crippen LogP contribution in [0.1, 0.15) is 42.7 Å². The third kappa shape index (κ3) is 5.32. The number of alkyl carbamates (subject to hydrolysis) is 1. The van der Waals surface area contributed by atoms with Gasteiger partial charge in [0.25, 0.3) is 0 Å². The Bertz CT molecular complexity index is 1070. The Labute approximate surface area is 209 Å². The molecule has 2 aromatic carbocycles. The smallest absolute Gasteiger partial charge is 0.407 e. The topological polar surface area (TPSA) is 95.9 Å². The molecule has 1 unspecified atom stereocenters. The van der Waals surface area contributed by atoms with E-state index >= 15 is 0 Å². The molecule has 1 heterocycles. The van der Waals surface area contributed by atoms with Crippen LogP contribution in [0.3, 0.4) is 0 Å². The van der Waals surface area contributed by atoms with Crippen molar-refractivity contribution >= 4 is 29.7 Å². The molecule has 0 spiro atoms. The number of hydrogen-bond donors (Lipinski definition) is 2. The first-order chi connectivity index (χ1) is 17.0. The van der Waals surface area contributed by atoms with E-state index in [9.17, 15) is 19.5 Å². The van der Waals surface area contributed by atoms with Gasteiger partial charge in [-0.05, 0) is 34.6 Å². The molecule has 5 rings (SSSR count). The molecule has 1 saturated carbocycles. The highest BCUT2D eigenvalue weighted by atomic mass is 32.2. The van der Waals surface area contributed by atoms with Crippen LogP contribution >= 0.6 is 11.8 Å². The van der Waals surface area contributed by atoms with E-state index in [0.29, 0.717) is 24.6 Å². The Kier molecular flexibility index (Phi) is 7.00. The molecule has 2 amide bonds. The van der Waals surface area contributed by atoms with Crippen LogP contribution < -0.4 is 5.32 Å². The lowest BCUT2D eigenvalue weighted by Gasteiger charge is -2.37. The summed E-state index contributed by atoms with van der Waals surface area (Å²) in [6.45, 7) is 0.682. The quantitative estimate of drug-likeness (QED) is 0.573. The van der Waals surface area contributed by atoms with E-state index in [1.54, 1.807) is 16.7 Å². The minimum absolute atomic E-state index is 0.0511. The number of rotatable bonds is 8. The monoisotopic (exact) mass is 494 g/mol. The number of carbonyl (C=O) groups excluding carboxylic acids is 2. The highest BCUT2D eigenvalue weighted by Gasteiger charge is 2.37. The molecule has 1 saturated heterocycles. The highest BCUT2D eigenvalue weighted by molar-refractivity contribution is 7.99. The molecule has 2 aliphatic carbocycles. The van der Waals surface area contributed by atoms with E-state index in [4.69, 9.17) is 4.74 Å². The summed E-state index contributed by atoms with van der Waals surface area (Å²) in [7, 11) is 0. The summed E-state index contributed by atoms with van der Waals surface area (Å²) in [6.07, 6.45) is 1.97. The van der Waals surface area contributed by atoms with Crippen LogP contribution in [0, 0.1) is 5.92 Å². The van der Waals surface area contributed by atoms with Crippen LogP contribution in [0.5, 0.6) is 0 Å². The number of hydrogen-bond acceptors (Lipinski definition) is 5. The minimum atomic E-state index is -0.918. The van der Waals surface area contributed by atoms with Crippen molar-refractivity contribution in [2.75, 3.05) is 24.7 Å². The lowest BCUT2D eigenvalue weighted by Crippen LogP contribution is -2.55. The molecular formula is C27H30N2O5S. The van der Waals surface area contributed by atoms with Crippen molar-refractivity contribution < 1.29 is 24.2 Å². The average molecular weight is 495 g/mol. The van der Waals surface area contributed by atoms with Crippen LogP contribution in [0.4, 0.5) is 4.79 Å². The molecule has 8 heteroatoms. The molecule has 2 fully saturated rings. The molecule has 184 valence electrons. The first-order valence-electron chi connectivity index (χ1n) is 12.2. The number of thioether (sulfide) groups is 1. The maximum atomic E-state index is 13.4. The predicted octanol–water partition coefficient (Wildman–Crippen LogP) is 4.11. The van der Waals surface area contributed by atoms with Crippen molar-refractivity contribution in [1.82, 2.24) is 10.2 Å². The SMILES string of the molecule is O=C(O)CC1CSCCN1C(=O)[C@H](CC1CC1)NC(=O)OCC1c2ccccc2-c2ccccc21. The van der Waals surface area contributed by atoms with E-state index in [1.165, 1.54) is 0 Å². The third-order valence-electron chi connectivity index (χ3n) is 7.12. The molecule has 3 aliphatic rings. The summed E-state index contributed by atoms with van der Waals surface area (Å²) in [5, 5.41) is 12.1. The number of ether oxygens (including phenoxy) is 1. The molecule has 0 aromatic heterocycles.